The first kappa shape index (κ1) is 12.2. The average Bonchev–Trinajstić information content (AvgIpc) is 2.10. The molecule has 1 saturated heterocycles. The van der Waals surface area contributed by atoms with Crippen molar-refractivity contribution in [1.82, 2.24) is 5.32 Å². The van der Waals surface area contributed by atoms with Crippen LogP contribution in [0.5, 0.6) is 0 Å². The van der Waals surface area contributed by atoms with E-state index in [0.29, 0.717) is 5.41 Å². The highest BCUT2D eigenvalue weighted by Gasteiger charge is 2.24. The summed E-state index contributed by atoms with van der Waals surface area (Å²) in [7, 11) is 0. The predicted molar refractivity (Wildman–Crippen MR) is 57.0 cm³/mol. The molecule has 1 nitrogen and oxygen atoms in total. The third kappa shape index (κ3) is 3.77. The first-order chi connectivity index (χ1) is 5.11. The molecular formula is C10H22ClN. The van der Waals surface area contributed by atoms with Gasteiger partial charge in [-0.3, -0.25) is 0 Å². The highest BCUT2D eigenvalue weighted by molar-refractivity contribution is 5.85. The largest absolute Gasteiger partial charge is 0.313 e. The lowest BCUT2D eigenvalue weighted by Crippen LogP contribution is -2.39. The van der Waals surface area contributed by atoms with E-state index < -0.39 is 0 Å². The molecule has 1 unspecified atom stereocenters. The fraction of sp³-hybridized carbons (Fsp3) is 1.00. The van der Waals surface area contributed by atoms with Crippen molar-refractivity contribution in [2.45, 2.75) is 52.5 Å². The fourth-order valence-electron chi connectivity index (χ4n) is 1.77. The van der Waals surface area contributed by atoms with Crippen molar-refractivity contribution >= 4 is 12.4 Å². The smallest absolute Gasteiger partial charge is 0.0116 e. The maximum absolute atomic E-state index is 3.62. The molecule has 0 spiro atoms. The molecule has 1 fully saturated rings. The third-order valence-electron chi connectivity index (χ3n) is 2.61. The monoisotopic (exact) mass is 191 g/mol. The zero-order valence-corrected chi connectivity index (χ0v) is 9.34. The van der Waals surface area contributed by atoms with Crippen LogP contribution in [-0.2, 0) is 0 Å². The van der Waals surface area contributed by atoms with Crippen LogP contribution in [0, 0.1) is 5.41 Å². The normalized spacial score (nSPS) is 25.8. The molecule has 1 aliphatic heterocycles. The van der Waals surface area contributed by atoms with Gasteiger partial charge in [-0.25, -0.2) is 0 Å². The second-order valence-corrected chi connectivity index (χ2v) is 4.72. The highest BCUT2D eigenvalue weighted by Crippen LogP contribution is 2.25. The second kappa shape index (κ2) is 5.08. The molecule has 0 aliphatic carbocycles. The van der Waals surface area contributed by atoms with E-state index in [-0.39, 0.29) is 12.4 Å². The summed E-state index contributed by atoms with van der Waals surface area (Å²) >= 11 is 0. The Hall–Kier alpha value is 0.250. The minimum absolute atomic E-state index is 0. The van der Waals surface area contributed by atoms with Gasteiger partial charge < -0.3 is 5.32 Å². The highest BCUT2D eigenvalue weighted by atomic mass is 35.5. The van der Waals surface area contributed by atoms with Gasteiger partial charge in [0.25, 0.3) is 0 Å². The fourth-order valence-corrected chi connectivity index (χ4v) is 1.77. The van der Waals surface area contributed by atoms with Crippen molar-refractivity contribution in [2.24, 2.45) is 5.41 Å². The lowest BCUT2D eigenvalue weighted by Gasteiger charge is -2.30. The van der Waals surface area contributed by atoms with Gasteiger partial charge >= 0.3 is 0 Å². The van der Waals surface area contributed by atoms with Gasteiger partial charge in [0.2, 0.25) is 0 Å². The number of hydrogen-bond acceptors (Lipinski definition) is 1. The third-order valence-corrected chi connectivity index (χ3v) is 2.61. The summed E-state index contributed by atoms with van der Waals surface area (Å²) < 4.78 is 0. The molecule has 74 valence electrons. The molecule has 1 rings (SSSR count). The molecular weight excluding hydrogens is 170 g/mol. The average molecular weight is 192 g/mol. The van der Waals surface area contributed by atoms with Gasteiger partial charge in [-0.1, -0.05) is 33.6 Å². The van der Waals surface area contributed by atoms with Gasteiger partial charge in [-0.15, -0.1) is 12.4 Å². The predicted octanol–water partition coefficient (Wildman–Crippen LogP) is 2.99. The van der Waals surface area contributed by atoms with E-state index in [1.807, 2.05) is 0 Å². The van der Waals surface area contributed by atoms with Gasteiger partial charge in [0.05, 0.1) is 0 Å². The van der Waals surface area contributed by atoms with Crippen molar-refractivity contribution in [3.8, 4) is 0 Å². The number of nitrogens with one attached hydrogen (secondary N) is 1. The van der Waals surface area contributed by atoms with Crippen LogP contribution < -0.4 is 5.32 Å². The summed E-state index contributed by atoms with van der Waals surface area (Å²) in [6.07, 6.45) is 5.56. The Morgan fingerprint density at radius 1 is 1.08 bits per heavy atom. The zero-order valence-electron chi connectivity index (χ0n) is 8.52. The Labute approximate surface area is 82.7 Å². The van der Waals surface area contributed by atoms with Crippen LogP contribution >= 0.6 is 12.4 Å². The maximum atomic E-state index is 3.62. The van der Waals surface area contributed by atoms with Crippen molar-refractivity contribution in [3.63, 3.8) is 0 Å². The molecule has 1 atom stereocenters. The Kier molecular flexibility index (Phi) is 5.19. The molecule has 0 bridgehead atoms. The maximum Gasteiger partial charge on any atom is 0.0116 e. The van der Waals surface area contributed by atoms with Crippen molar-refractivity contribution in [1.29, 1.82) is 0 Å². The molecule has 0 aromatic heterocycles. The molecule has 0 radical (unpaired) electrons. The second-order valence-electron chi connectivity index (χ2n) is 4.72. The van der Waals surface area contributed by atoms with Gasteiger partial charge in [0, 0.05) is 6.04 Å². The lowest BCUT2D eigenvalue weighted by molar-refractivity contribution is 0.263. The SMILES string of the molecule is CC(C)(C)C1CCCCCN1.Cl. The van der Waals surface area contributed by atoms with Gasteiger partial charge in [-0.05, 0) is 24.8 Å². The van der Waals surface area contributed by atoms with Crippen LogP contribution in [0.1, 0.15) is 46.5 Å². The minimum atomic E-state index is 0. The van der Waals surface area contributed by atoms with Crippen molar-refractivity contribution in [2.75, 3.05) is 6.54 Å². The number of rotatable bonds is 0. The van der Waals surface area contributed by atoms with E-state index >= 15 is 0 Å². The Morgan fingerprint density at radius 3 is 2.33 bits per heavy atom. The van der Waals surface area contributed by atoms with Crippen LogP contribution in [0.25, 0.3) is 0 Å². The molecule has 1 N–H and O–H groups in total. The van der Waals surface area contributed by atoms with E-state index in [1.54, 1.807) is 0 Å². The number of halogens is 1. The molecule has 0 saturated carbocycles. The van der Waals surface area contributed by atoms with Crippen LogP contribution in [0.3, 0.4) is 0 Å². The topological polar surface area (TPSA) is 12.0 Å². The Bertz CT molecular complexity index is 109. The molecule has 2 heteroatoms. The molecule has 0 aromatic rings. The molecule has 12 heavy (non-hydrogen) atoms. The summed E-state index contributed by atoms with van der Waals surface area (Å²) in [4.78, 5) is 0. The summed E-state index contributed by atoms with van der Waals surface area (Å²) in [6.45, 7) is 8.21. The quantitative estimate of drug-likeness (QED) is 0.621. The van der Waals surface area contributed by atoms with E-state index in [0.717, 1.165) is 6.04 Å². The Balaban J connectivity index is 0.00000121. The summed E-state index contributed by atoms with van der Waals surface area (Å²) in [5, 5.41) is 3.62. The van der Waals surface area contributed by atoms with E-state index in [2.05, 4.69) is 26.1 Å². The van der Waals surface area contributed by atoms with Crippen LogP contribution in [-0.4, -0.2) is 12.6 Å². The van der Waals surface area contributed by atoms with Gasteiger partial charge in [0.15, 0.2) is 0 Å². The van der Waals surface area contributed by atoms with Crippen LogP contribution in [0.2, 0.25) is 0 Å². The van der Waals surface area contributed by atoms with Crippen molar-refractivity contribution < 1.29 is 0 Å². The summed E-state index contributed by atoms with van der Waals surface area (Å²) in [6, 6.07) is 0.741. The van der Waals surface area contributed by atoms with Crippen molar-refractivity contribution in [3.05, 3.63) is 0 Å². The molecule has 1 heterocycles. The zero-order chi connectivity index (χ0) is 8.32. The lowest BCUT2D eigenvalue weighted by atomic mass is 9.84. The molecule has 1 aliphatic rings. The summed E-state index contributed by atoms with van der Waals surface area (Å²) in [5.41, 5.74) is 0.449. The van der Waals surface area contributed by atoms with Crippen LogP contribution in [0.4, 0.5) is 0 Å². The standard InChI is InChI=1S/C10H21N.ClH/c1-10(2,3)9-7-5-4-6-8-11-9;/h9,11H,4-8H2,1-3H3;1H. The van der Waals surface area contributed by atoms with E-state index in [9.17, 15) is 0 Å². The van der Waals surface area contributed by atoms with E-state index in [1.165, 1.54) is 32.2 Å². The first-order valence-electron chi connectivity index (χ1n) is 4.84. The minimum Gasteiger partial charge on any atom is -0.313 e. The number of hydrogen-bond donors (Lipinski definition) is 1. The molecule has 0 amide bonds. The van der Waals surface area contributed by atoms with Crippen LogP contribution in [0.15, 0.2) is 0 Å². The van der Waals surface area contributed by atoms with Gasteiger partial charge in [-0.2, -0.15) is 0 Å². The summed E-state index contributed by atoms with van der Waals surface area (Å²) in [5.74, 6) is 0. The Morgan fingerprint density at radius 2 is 1.75 bits per heavy atom. The molecule has 0 aromatic carbocycles. The first-order valence-corrected chi connectivity index (χ1v) is 4.84. The van der Waals surface area contributed by atoms with Gasteiger partial charge in [0.1, 0.15) is 0 Å². The van der Waals surface area contributed by atoms with E-state index in [4.69, 9.17) is 0 Å².